The van der Waals surface area contributed by atoms with Crippen LogP contribution in [0, 0.1) is 6.92 Å². The van der Waals surface area contributed by atoms with Crippen LogP contribution in [-0.2, 0) is 17.6 Å². The second-order valence-electron chi connectivity index (χ2n) is 7.77. The molecule has 1 N–H and O–H groups in total. The van der Waals surface area contributed by atoms with Crippen LogP contribution in [0.5, 0.6) is 5.75 Å². The Hall–Kier alpha value is -3.32. The number of aryl methyl sites for hydroxylation is 1. The Labute approximate surface area is 191 Å². The summed E-state index contributed by atoms with van der Waals surface area (Å²) in [6, 6.07) is 15.7. The molecule has 0 fully saturated rings. The van der Waals surface area contributed by atoms with Crippen molar-refractivity contribution in [1.82, 2.24) is 9.55 Å². The van der Waals surface area contributed by atoms with Gasteiger partial charge in [0, 0.05) is 25.1 Å². The average molecular weight is 448 g/mol. The van der Waals surface area contributed by atoms with Gasteiger partial charge in [-0.1, -0.05) is 66.4 Å². The maximum absolute atomic E-state index is 13.1. The number of nitrogens with zero attached hydrogens (tertiary/aromatic N) is 2. The zero-order valence-electron chi connectivity index (χ0n) is 18.1. The predicted molar refractivity (Wildman–Crippen MR) is 127 cm³/mol. The SMILES string of the molecule is C=CCOc1ccc(C2CC(=O)Nc3c2c(=O)nc(SCc2cccc(C)c2)n3C)cc1. The highest BCUT2D eigenvalue weighted by atomic mass is 32.2. The molecule has 1 aliphatic rings. The van der Waals surface area contributed by atoms with Gasteiger partial charge in [0.25, 0.3) is 5.56 Å². The monoisotopic (exact) mass is 447 g/mol. The fraction of sp³-hybridized carbons (Fsp3) is 0.240. The molecule has 3 aromatic rings. The zero-order chi connectivity index (χ0) is 22.7. The summed E-state index contributed by atoms with van der Waals surface area (Å²) in [4.78, 5) is 30.0. The highest BCUT2D eigenvalue weighted by Crippen LogP contribution is 2.36. The predicted octanol–water partition coefficient (Wildman–Crippen LogP) is 4.42. The molecule has 0 aliphatic carbocycles. The summed E-state index contributed by atoms with van der Waals surface area (Å²) >= 11 is 1.48. The minimum absolute atomic E-state index is 0.120. The summed E-state index contributed by atoms with van der Waals surface area (Å²) in [5, 5.41) is 3.46. The first-order chi connectivity index (χ1) is 15.5. The zero-order valence-corrected chi connectivity index (χ0v) is 18.9. The molecule has 2 aromatic carbocycles. The van der Waals surface area contributed by atoms with Crippen molar-refractivity contribution in [3.8, 4) is 5.75 Å². The Morgan fingerprint density at radius 1 is 1.25 bits per heavy atom. The molecule has 7 heteroatoms. The van der Waals surface area contributed by atoms with Gasteiger partial charge in [-0.15, -0.1) is 0 Å². The van der Waals surface area contributed by atoms with Crippen molar-refractivity contribution in [2.24, 2.45) is 7.05 Å². The summed E-state index contributed by atoms with van der Waals surface area (Å²) in [7, 11) is 1.83. The molecule has 0 radical (unpaired) electrons. The number of hydrogen-bond donors (Lipinski definition) is 1. The van der Waals surface area contributed by atoms with E-state index in [0.29, 0.717) is 34.6 Å². The summed E-state index contributed by atoms with van der Waals surface area (Å²) < 4.78 is 7.35. The Balaban J connectivity index is 1.65. The number of carbonyl (C=O) groups excluding carboxylic acids is 1. The van der Waals surface area contributed by atoms with E-state index in [9.17, 15) is 9.59 Å². The minimum Gasteiger partial charge on any atom is -0.490 e. The largest absolute Gasteiger partial charge is 0.490 e. The first kappa shape index (κ1) is 21.9. The second kappa shape index (κ2) is 9.44. The van der Waals surface area contributed by atoms with Crippen molar-refractivity contribution in [3.05, 3.63) is 93.8 Å². The summed E-state index contributed by atoms with van der Waals surface area (Å²) in [5.74, 6) is 1.44. The Morgan fingerprint density at radius 2 is 2.03 bits per heavy atom. The lowest BCUT2D eigenvalue weighted by Crippen LogP contribution is -2.33. The lowest BCUT2D eigenvalue weighted by atomic mass is 9.87. The lowest BCUT2D eigenvalue weighted by Gasteiger charge is -2.27. The molecule has 0 saturated heterocycles. The number of ether oxygens (including phenoxy) is 1. The molecule has 0 saturated carbocycles. The number of fused-ring (bicyclic) bond motifs is 1. The van der Waals surface area contributed by atoms with E-state index in [0.717, 1.165) is 11.1 Å². The van der Waals surface area contributed by atoms with Gasteiger partial charge in [0.1, 0.15) is 18.2 Å². The molecular formula is C25H25N3O3S. The van der Waals surface area contributed by atoms with Gasteiger partial charge in [0.05, 0.1) is 5.56 Å². The number of aromatic nitrogens is 2. The van der Waals surface area contributed by atoms with Crippen molar-refractivity contribution >= 4 is 23.5 Å². The van der Waals surface area contributed by atoms with Crippen LogP contribution in [0.15, 0.2) is 71.1 Å². The molecule has 1 aliphatic heterocycles. The molecule has 4 rings (SSSR count). The van der Waals surface area contributed by atoms with E-state index in [1.165, 1.54) is 17.3 Å². The molecule has 6 nitrogen and oxygen atoms in total. The molecule has 0 spiro atoms. The molecule has 164 valence electrons. The van der Waals surface area contributed by atoms with Crippen molar-refractivity contribution < 1.29 is 9.53 Å². The van der Waals surface area contributed by atoms with Gasteiger partial charge in [-0.25, -0.2) is 0 Å². The van der Waals surface area contributed by atoms with E-state index in [1.54, 1.807) is 6.08 Å². The number of anilines is 1. The van der Waals surface area contributed by atoms with Crippen LogP contribution >= 0.6 is 11.8 Å². The number of rotatable bonds is 7. The third-order valence-electron chi connectivity index (χ3n) is 5.40. The fourth-order valence-corrected chi connectivity index (χ4v) is 4.76. The smallest absolute Gasteiger partial charge is 0.279 e. The fourth-order valence-electron chi connectivity index (χ4n) is 3.85. The number of hydrogen-bond acceptors (Lipinski definition) is 5. The average Bonchev–Trinajstić information content (AvgIpc) is 2.79. The van der Waals surface area contributed by atoms with Gasteiger partial charge in [-0.2, -0.15) is 4.98 Å². The van der Waals surface area contributed by atoms with Crippen molar-refractivity contribution in [3.63, 3.8) is 0 Å². The van der Waals surface area contributed by atoms with Crippen LogP contribution in [0.1, 0.15) is 34.6 Å². The van der Waals surface area contributed by atoms with Crippen LogP contribution in [-0.4, -0.2) is 22.1 Å². The van der Waals surface area contributed by atoms with Gasteiger partial charge in [-0.3, -0.25) is 9.59 Å². The quantitative estimate of drug-likeness (QED) is 0.330. The number of benzene rings is 2. The highest BCUT2D eigenvalue weighted by Gasteiger charge is 2.32. The van der Waals surface area contributed by atoms with Crippen molar-refractivity contribution in [2.45, 2.75) is 30.2 Å². The van der Waals surface area contributed by atoms with Crippen LogP contribution in [0.3, 0.4) is 0 Å². The second-order valence-corrected chi connectivity index (χ2v) is 8.71. The topological polar surface area (TPSA) is 73.2 Å². The van der Waals surface area contributed by atoms with Crippen LogP contribution in [0.2, 0.25) is 0 Å². The Morgan fingerprint density at radius 3 is 2.75 bits per heavy atom. The van der Waals surface area contributed by atoms with Gasteiger partial charge in [0.2, 0.25) is 5.91 Å². The molecule has 32 heavy (non-hydrogen) atoms. The van der Waals surface area contributed by atoms with Crippen LogP contribution < -0.4 is 15.6 Å². The molecule has 0 bridgehead atoms. The minimum atomic E-state index is -0.353. The highest BCUT2D eigenvalue weighted by molar-refractivity contribution is 7.98. The summed E-state index contributed by atoms with van der Waals surface area (Å²) in [6.45, 7) is 6.11. The lowest BCUT2D eigenvalue weighted by molar-refractivity contribution is -0.116. The van der Waals surface area contributed by atoms with E-state index in [2.05, 4.69) is 42.0 Å². The number of amides is 1. The first-order valence-corrected chi connectivity index (χ1v) is 11.4. The van der Waals surface area contributed by atoms with Crippen molar-refractivity contribution in [1.29, 1.82) is 0 Å². The van der Waals surface area contributed by atoms with E-state index < -0.39 is 0 Å². The van der Waals surface area contributed by atoms with E-state index in [-0.39, 0.29) is 23.8 Å². The first-order valence-electron chi connectivity index (χ1n) is 10.4. The number of thioether (sulfide) groups is 1. The van der Waals surface area contributed by atoms with Crippen LogP contribution in [0.4, 0.5) is 5.82 Å². The van der Waals surface area contributed by atoms with Crippen molar-refractivity contribution in [2.75, 3.05) is 11.9 Å². The maximum atomic E-state index is 13.1. The molecule has 1 amide bonds. The molecule has 1 unspecified atom stereocenters. The summed E-state index contributed by atoms with van der Waals surface area (Å²) in [6.07, 6.45) is 1.88. The Bertz CT molecular complexity index is 1220. The third-order valence-corrected chi connectivity index (χ3v) is 6.50. The van der Waals surface area contributed by atoms with Gasteiger partial charge < -0.3 is 14.6 Å². The van der Waals surface area contributed by atoms with E-state index in [4.69, 9.17) is 4.74 Å². The third kappa shape index (κ3) is 4.62. The van der Waals surface area contributed by atoms with E-state index in [1.807, 2.05) is 41.9 Å². The molecule has 1 aromatic heterocycles. The van der Waals surface area contributed by atoms with Gasteiger partial charge in [-0.05, 0) is 30.2 Å². The molecule has 1 atom stereocenters. The Kier molecular flexibility index (Phi) is 6.46. The molecular weight excluding hydrogens is 422 g/mol. The molecule has 2 heterocycles. The van der Waals surface area contributed by atoms with E-state index >= 15 is 0 Å². The van der Waals surface area contributed by atoms with Gasteiger partial charge in [0.15, 0.2) is 5.16 Å². The number of nitrogens with one attached hydrogen (secondary N) is 1. The number of carbonyl (C=O) groups is 1. The standard InChI is InChI=1S/C25H25N3O3S/c1-4-12-31-19-10-8-18(9-11-19)20-14-21(29)26-23-22(20)24(30)27-25(28(23)3)32-15-17-7-5-6-16(2)13-17/h4-11,13,20H,1,12,14-15H2,2-3H3,(H,26,29). The normalized spacial score (nSPS) is 15.1. The summed E-state index contributed by atoms with van der Waals surface area (Å²) in [5.41, 5.74) is 3.44. The maximum Gasteiger partial charge on any atom is 0.279 e. The van der Waals surface area contributed by atoms with Crippen LogP contribution in [0.25, 0.3) is 0 Å². The van der Waals surface area contributed by atoms with Gasteiger partial charge >= 0.3 is 0 Å².